The Labute approximate surface area is 174 Å². The van der Waals surface area contributed by atoms with Gasteiger partial charge in [-0.05, 0) is 38.1 Å². The number of amides is 1. The zero-order valence-corrected chi connectivity index (χ0v) is 17.3. The smallest absolute Gasteiger partial charge is 0.234 e. The van der Waals surface area contributed by atoms with Crippen LogP contribution < -0.4 is 15.0 Å². The van der Waals surface area contributed by atoms with Crippen molar-refractivity contribution in [2.24, 2.45) is 0 Å². The number of rotatable bonds is 7. The number of ether oxygens (including phenoxy) is 1. The van der Waals surface area contributed by atoms with Crippen molar-refractivity contribution < 1.29 is 9.53 Å². The van der Waals surface area contributed by atoms with Gasteiger partial charge in [-0.3, -0.25) is 9.36 Å². The molecule has 1 aromatic heterocycles. The lowest BCUT2D eigenvalue weighted by molar-refractivity contribution is -0.113. The molecule has 7 nitrogen and oxygen atoms in total. The van der Waals surface area contributed by atoms with Crippen molar-refractivity contribution in [3.63, 3.8) is 0 Å². The summed E-state index contributed by atoms with van der Waals surface area (Å²) in [6.45, 7) is 6.18. The van der Waals surface area contributed by atoms with Crippen molar-refractivity contribution >= 4 is 35.0 Å². The number of benzene rings is 2. The first-order chi connectivity index (χ1) is 14.2. The van der Waals surface area contributed by atoms with E-state index >= 15 is 0 Å². The van der Waals surface area contributed by atoms with Gasteiger partial charge in [-0.15, -0.1) is 10.2 Å². The van der Waals surface area contributed by atoms with Crippen molar-refractivity contribution in [3.8, 4) is 5.75 Å². The Morgan fingerprint density at radius 2 is 1.93 bits per heavy atom. The van der Waals surface area contributed by atoms with Crippen LogP contribution in [0, 0.1) is 6.92 Å². The van der Waals surface area contributed by atoms with E-state index in [1.54, 1.807) is 0 Å². The number of nitrogens with one attached hydrogen (secondary N) is 1. The zero-order chi connectivity index (χ0) is 20.2. The Kier molecular flexibility index (Phi) is 5.71. The first kappa shape index (κ1) is 19.3. The molecule has 0 aliphatic carbocycles. The van der Waals surface area contributed by atoms with Crippen molar-refractivity contribution in [1.82, 2.24) is 14.8 Å². The molecule has 0 saturated carbocycles. The van der Waals surface area contributed by atoms with E-state index in [2.05, 4.69) is 56.2 Å². The lowest BCUT2D eigenvalue weighted by Gasteiger charge is -2.15. The van der Waals surface area contributed by atoms with E-state index in [-0.39, 0.29) is 11.7 Å². The molecular formula is C21H23N5O2S. The van der Waals surface area contributed by atoms with Gasteiger partial charge in [-0.1, -0.05) is 41.6 Å². The van der Waals surface area contributed by atoms with Crippen LogP contribution in [0.4, 0.5) is 17.3 Å². The molecule has 1 aliphatic heterocycles. The maximum atomic E-state index is 12.4. The van der Waals surface area contributed by atoms with Crippen LogP contribution in [-0.4, -0.2) is 39.6 Å². The standard InChI is InChI=1S/C21H23N5O2S/c1-3-28-18-7-5-4-6-17(18)22-19(27)14-29-21-24-23-20-25(12-13-26(20)21)16-10-8-15(2)9-11-16/h4-11H,3,12-14H2,1-2H3,(H,22,27). The third-order valence-corrected chi connectivity index (χ3v) is 5.59. The number of thioether (sulfide) groups is 1. The minimum atomic E-state index is -0.104. The summed E-state index contributed by atoms with van der Waals surface area (Å²) in [5, 5.41) is 12.3. The number of hydrogen-bond acceptors (Lipinski definition) is 6. The molecule has 2 aromatic carbocycles. The van der Waals surface area contributed by atoms with Crippen molar-refractivity contribution in [1.29, 1.82) is 0 Å². The summed E-state index contributed by atoms with van der Waals surface area (Å²) >= 11 is 1.39. The molecule has 1 N–H and O–H groups in total. The lowest BCUT2D eigenvalue weighted by Crippen LogP contribution is -2.15. The average molecular weight is 410 g/mol. The van der Waals surface area contributed by atoms with Gasteiger partial charge in [0, 0.05) is 18.8 Å². The zero-order valence-electron chi connectivity index (χ0n) is 16.5. The van der Waals surface area contributed by atoms with Crippen LogP contribution in [-0.2, 0) is 11.3 Å². The molecule has 2 heterocycles. The topological polar surface area (TPSA) is 72.3 Å². The number of fused-ring (bicyclic) bond motifs is 1. The van der Waals surface area contributed by atoms with E-state index in [4.69, 9.17) is 4.74 Å². The van der Waals surface area contributed by atoms with Crippen molar-refractivity contribution in [3.05, 3.63) is 54.1 Å². The summed E-state index contributed by atoms with van der Waals surface area (Å²) in [7, 11) is 0. The molecule has 0 bridgehead atoms. The quantitative estimate of drug-likeness (QED) is 0.598. The number of para-hydroxylation sites is 2. The fraction of sp³-hybridized carbons (Fsp3) is 0.286. The van der Waals surface area contributed by atoms with E-state index < -0.39 is 0 Å². The Morgan fingerprint density at radius 3 is 2.72 bits per heavy atom. The molecule has 0 unspecified atom stereocenters. The number of hydrogen-bond donors (Lipinski definition) is 1. The van der Waals surface area contributed by atoms with Crippen molar-refractivity contribution in [2.75, 3.05) is 29.1 Å². The van der Waals surface area contributed by atoms with Crippen LogP contribution in [0.2, 0.25) is 0 Å². The number of carbonyl (C=O) groups excluding carboxylic acids is 1. The molecule has 0 atom stereocenters. The third-order valence-electron chi connectivity index (χ3n) is 4.62. The third kappa shape index (κ3) is 4.22. The normalized spacial score (nSPS) is 12.7. The van der Waals surface area contributed by atoms with Crippen LogP contribution >= 0.6 is 11.8 Å². The van der Waals surface area contributed by atoms with Gasteiger partial charge < -0.3 is 15.0 Å². The Bertz CT molecular complexity index is 1000. The highest BCUT2D eigenvalue weighted by molar-refractivity contribution is 7.99. The summed E-state index contributed by atoms with van der Waals surface area (Å²) in [4.78, 5) is 14.6. The molecule has 8 heteroatoms. The Balaban J connectivity index is 1.40. The molecule has 1 aliphatic rings. The maximum absolute atomic E-state index is 12.4. The molecule has 150 valence electrons. The van der Waals surface area contributed by atoms with Gasteiger partial charge in [0.15, 0.2) is 5.16 Å². The number of carbonyl (C=O) groups is 1. The first-order valence-electron chi connectivity index (χ1n) is 9.57. The number of anilines is 3. The van der Waals surface area contributed by atoms with Crippen LogP contribution in [0.25, 0.3) is 0 Å². The second-order valence-corrected chi connectivity index (χ2v) is 7.63. The SMILES string of the molecule is CCOc1ccccc1NC(=O)CSc1nnc2n1CCN2c1ccc(C)cc1. The molecule has 0 radical (unpaired) electrons. The summed E-state index contributed by atoms with van der Waals surface area (Å²) in [5.74, 6) is 1.64. The van der Waals surface area contributed by atoms with Gasteiger partial charge in [0.1, 0.15) is 5.75 Å². The molecule has 3 aromatic rings. The molecular weight excluding hydrogens is 386 g/mol. The van der Waals surface area contributed by atoms with Gasteiger partial charge in [-0.2, -0.15) is 0 Å². The predicted octanol–water partition coefficient (Wildman–Crippen LogP) is 3.87. The van der Waals surface area contributed by atoms with Gasteiger partial charge in [-0.25, -0.2) is 0 Å². The van der Waals surface area contributed by atoms with Gasteiger partial charge in [0.05, 0.1) is 18.0 Å². The molecule has 0 saturated heterocycles. The second kappa shape index (κ2) is 8.57. The van der Waals surface area contributed by atoms with E-state index in [9.17, 15) is 4.79 Å². The summed E-state index contributed by atoms with van der Waals surface area (Å²) in [6, 6.07) is 15.8. The molecule has 0 spiro atoms. The highest BCUT2D eigenvalue weighted by Crippen LogP contribution is 2.32. The summed E-state index contributed by atoms with van der Waals surface area (Å²) < 4.78 is 7.62. The minimum Gasteiger partial charge on any atom is -0.492 e. The number of aromatic nitrogens is 3. The predicted molar refractivity (Wildman–Crippen MR) is 115 cm³/mol. The lowest BCUT2D eigenvalue weighted by atomic mass is 10.2. The molecule has 1 amide bonds. The van der Waals surface area contributed by atoms with Crippen LogP contribution in [0.1, 0.15) is 12.5 Å². The fourth-order valence-corrected chi connectivity index (χ4v) is 3.98. The molecule has 29 heavy (non-hydrogen) atoms. The van der Waals surface area contributed by atoms with Crippen LogP contribution in [0.3, 0.4) is 0 Å². The molecule has 0 fully saturated rings. The first-order valence-corrected chi connectivity index (χ1v) is 10.6. The van der Waals surface area contributed by atoms with Gasteiger partial charge in [0.25, 0.3) is 0 Å². The summed E-state index contributed by atoms with van der Waals surface area (Å²) in [5.41, 5.74) is 3.00. The minimum absolute atomic E-state index is 0.104. The van der Waals surface area contributed by atoms with E-state index in [1.165, 1.54) is 17.3 Å². The highest BCUT2D eigenvalue weighted by atomic mass is 32.2. The van der Waals surface area contributed by atoms with Gasteiger partial charge >= 0.3 is 0 Å². The Hall–Kier alpha value is -3.00. The monoisotopic (exact) mass is 409 g/mol. The van der Waals surface area contributed by atoms with Crippen molar-refractivity contribution in [2.45, 2.75) is 25.5 Å². The van der Waals surface area contributed by atoms with Crippen LogP contribution in [0.15, 0.2) is 53.7 Å². The number of aryl methyl sites for hydroxylation is 1. The highest BCUT2D eigenvalue weighted by Gasteiger charge is 2.26. The fourth-order valence-electron chi connectivity index (χ4n) is 3.22. The van der Waals surface area contributed by atoms with E-state index in [0.29, 0.717) is 18.0 Å². The van der Waals surface area contributed by atoms with E-state index in [0.717, 1.165) is 29.9 Å². The van der Waals surface area contributed by atoms with E-state index in [1.807, 2.05) is 31.2 Å². The summed E-state index contributed by atoms with van der Waals surface area (Å²) in [6.07, 6.45) is 0. The second-order valence-electron chi connectivity index (χ2n) is 6.69. The molecule has 4 rings (SSSR count). The largest absolute Gasteiger partial charge is 0.492 e. The number of nitrogens with zero attached hydrogens (tertiary/aromatic N) is 4. The van der Waals surface area contributed by atoms with Crippen LogP contribution in [0.5, 0.6) is 5.75 Å². The Morgan fingerprint density at radius 1 is 1.14 bits per heavy atom. The van der Waals surface area contributed by atoms with Gasteiger partial charge in [0.2, 0.25) is 11.9 Å². The maximum Gasteiger partial charge on any atom is 0.234 e. The average Bonchev–Trinajstić information content (AvgIpc) is 3.31.